The van der Waals surface area contributed by atoms with Crippen LogP contribution in [0.3, 0.4) is 0 Å². The normalized spacial score (nSPS) is 23.3. The van der Waals surface area contributed by atoms with Crippen molar-refractivity contribution in [3.05, 3.63) is 17.5 Å². The largest absolute Gasteiger partial charge is 0.359 e. The van der Waals surface area contributed by atoms with E-state index in [2.05, 4.69) is 53.4 Å². The van der Waals surface area contributed by atoms with Gasteiger partial charge in [0, 0.05) is 37.8 Å². The SMILES string of the molecule is CCNC(=NCc1cc(C)no1)NC1CN(C(C)C)CC1C. The van der Waals surface area contributed by atoms with Crippen LogP contribution in [0.4, 0.5) is 0 Å². The molecule has 0 aromatic carbocycles. The molecule has 0 amide bonds. The molecule has 1 aliphatic rings. The molecule has 22 heavy (non-hydrogen) atoms. The summed E-state index contributed by atoms with van der Waals surface area (Å²) in [7, 11) is 0. The van der Waals surface area contributed by atoms with E-state index < -0.39 is 0 Å². The zero-order chi connectivity index (χ0) is 16.1. The molecule has 2 unspecified atom stereocenters. The number of aryl methyl sites for hydroxylation is 1. The van der Waals surface area contributed by atoms with Crippen LogP contribution in [0.2, 0.25) is 0 Å². The van der Waals surface area contributed by atoms with Gasteiger partial charge in [0.25, 0.3) is 0 Å². The van der Waals surface area contributed by atoms with Gasteiger partial charge in [0.1, 0.15) is 6.54 Å². The van der Waals surface area contributed by atoms with Crippen LogP contribution in [0.25, 0.3) is 0 Å². The monoisotopic (exact) mass is 307 g/mol. The van der Waals surface area contributed by atoms with E-state index in [1.54, 1.807) is 0 Å². The zero-order valence-corrected chi connectivity index (χ0v) is 14.4. The molecule has 1 aromatic heterocycles. The summed E-state index contributed by atoms with van der Waals surface area (Å²) in [5, 5.41) is 10.8. The molecule has 2 atom stereocenters. The number of aromatic nitrogens is 1. The second-order valence-corrected chi connectivity index (χ2v) is 6.41. The molecule has 2 rings (SSSR count). The van der Waals surface area contributed by atoms with Crippen LogP contribution in [-0.4, -0.2) is 47.7 Å². The minimum absolute atomic E-state index is 0.427. The summed E-state index contributed by atoms with van der Waals surface area (Å²) in [6.45, 7) is 14.3. The highest BCUT2D eigenvalue weighted by atomic mass is 16.5. The van der Waals surface area contributed by atoms with Crippen LogP contribution < -0.4 is 10.6 Å². The van der Waals surface area contributed by atoms with E-state index in [4.69, 9.17) is 4.52 Å². The van der Waals surface area contributed by atoms with Crippen molar-refractivity contribution in [2.75, 3.05) is 19.6 Å². The molecular weight excluding hydrogens is 278 g/mol. The minimum atomic E-state index is 0.427. The van der Waals surface area contributed by atoms with Gasteiger partial charge in [0.15, 0.2) is 11.7 Å². The average molecular weight is 307 g/mol. The predicted molar refractivity (Wildman–Crippen MR) is 88.9 cm³/mol. The van der Waals surface area contributed by atoms with Crippen LogP contribution in [0.1, 0.15) is 39.1 Å². The molecule has 124 valence electrons. The maximum absolute atomic E-state index is 5.21. The molecule has 6 nitrogen and oxygen atoms in total. The number of hydrogen-bond donors (Lipinski definition) is 2. The first-order valence-electron chi connectivity index (χ1n) is 8.20. The maximum atomic E-state index is 5.21. The lowest BCUT2D eigenvalue weighted by Gasteiger charge is -2.21. The van der Waals surface area contributed by atoms with E-state index >= 15 is 0 Å². The molecule has 0 radical (unpaired) electrons. The molecule has 1 aliphatic heterocycles. The molecule has 2 heterocycles. The minimum Gasteiger partial charge on any atom is -0.359 e. The second-order valence-electron chi connectivity index (χ2n) is 6.41. The molecule has 6 heteroatoms. The van der Waals surface area contributed by atoms with Gasteiger partial charge < -0.3 is 15.2 Å². The van der Waals surface area contributed by atoms with Crippen LogP contribution in [0, 0.1) is 12.8 Å². The lowest BCUT2D eigenvalue weighted by molar-refractivity contribution is 0.265. The standard InChI is InChI=1S/C16H29N5O/c1-6-17-16(18-8-14-7-13(5)20-22-14)19-15-10-21(11(2)3)9-12(15)4/h7,11-12,15H,6,8-10H2,1-5H3,(H2,17,18,19). The fraction of sp³-hybridized carbons (Fsp3) is 0.750. The van der Waals surface area contributed by atoms with Crippen molar-refractivity contribution in [1.82, 2.24) is 20.7 Å². The Bertz CT molecular complexity index is 496. The summed E-state index contributed by atoms with van der Waals surface area (Å²) in [6.07, 6.45) is 0. The first-order valence-corrected chi connectivity index (χ1v) is 8.20. The van der Waals surface area contributed by atoms with Gasteiger partial charge in [-0.05, 0) is 33.6 Å². The Hall–Kier alpha value is -1.56. The number of nitrogens with zero attached hydrogens (tertiary/aromatic N) is 3. The third-order valence-corrected chi connectivity index (χ3v) is 4.11. The van der Waals surface area contributed by atoms with Crippen LogP contribution in [-0.2, 0) is 6.54 Å². The Morgan fingerprint density at radius 1 is 1.50 bits per heavy atom. The summed E-state index contributed by atoms with van der Waals surface area (Å²) < 4.78 is 5.21. The quantitative estimate of drug-likeness (QED) is 0.641. The van der Waals surface area contributed by atoms with Crippen molar-refractivity contribution in [3.8, 4) is 0 Å². The number of rotatable bonds is 5. The Kier molecular flexibility index (Phi) is 5.83. The van der Waals surface area contributed by atoms with Gasteiger partial charge in [0.2, 0.25) is 0 Å². The first kappa shape index (κ1) is 16.8. The van der Waals surface area contributed by atoms with Gasteiger partial charge in [-0.3, -0.25) is 4.90 Å². The highest BCUT2D eigenvalue weighted by Crippen LogP contribution is 2.18. The van der Waals surface area contributed by atoms with E-state index in [1.165, 1.54) is 0 Å². The van der Waals surface area contributed by atoms with Gasteiger partial charge in [-0.15, -0.1) is 0 Å². The number of hydrogen-bond acceptors (Lipinski definition) is 4. The smallest absolute Gasteiger partial charge is 0.191 e. The first-order chi connectivity index (χ1) is 10.5. The molecule has 0 bridgehead atoms. The fourth-order valence-corrected chi connectivity index (χ4v) is 2.76. The summed E-state index contributed by atoms with van der Waals surface area (Å²) in [6, 6.07) is 2.94. The van der Waals surface area contributed by atoms with Crippen LogP contribution >= 0.6 is 0 Å². The van der Waals surface area contributed by atoms with E-state index in [1.807, 2.05) is 13.0 Å². The van der Waals surface area contributed by atoms with Crippen molar-refractivity contribution in [1.29, 1.82) is 0 Å². The van der Waals surface area contributed by atoms with E-state index in [9.17, 15) is 0 Å². The highest BCUT2D eigenvalue weighted by molar-refractivity contribution is 5.80. The third-order valence-electron chi connectivity index (χ3n) is 4.11. The molecule has 0 saturated carbocycles. The van der Waals surface area contributed by atoms with Crippen molar-refractivity contribution >= 4 is 5.96 Å². The number of guanidine groups is 1. The molecule has 1 aromatic rings. The lowest BCUT2D eigenvalue weighted by atomic mass is 10.1. The predicted octanol–water partition coefficient (Wildman–Crippen LogP) is 1.77. The number of aliphatic imine (C=N–C) groups is 1. The summed E-state index contributed by atoms with van der Waals surface area (Å²) in [5.74, 6) is 2.25. The highest BCUT2D eigenvalue weighted by Gasteiger charge is 2.31. The Morgan fingerprint density at radius 2 is 2.27 bits per heavy atom. The fourth-order valence-electron chi connectivity index (χ4n) is 2.76. The topological polar surface area (TPSA) is 65.7 Å². The van der Waals surface area contributed by atoms with E-state index in [0.29, 0.717) is 24.5 Å². The van der Waals surface area contributed by atoms with Crippen LogP contribution in [0.15, 0.2) is 15.6 Å². The molecule has 0 aliphatic carbocycles. The zero-order valence-electron chi connectivity index (χ0n) is 14.4. The summed E-state index contributed by atoms with van der Waals surface area (Å²) in [5.41, 5.74) is 0.889. The van der Waals surface area contributed by atoms with Crippen LogP contribution in [0.5, 0.6) is 0 Å². The Balaban J connectivity index is 1.96. The van der Waals surface area contributed by atoms with Gasteiger partial charge in [-0.25, -0.2) is 4.99 Å². The third kappa shape index (κ3) is 4.47. The lowest BCUT2D eigenvalue weighted by Crippen LogP contribution is -2.46. The number of likely N-dealkylation sites (tertiary alicyclic amines) is 1. The molecular formula is C16H29N5O. The molecule has 0 spiro atoms. The molecule has 1 fully saturated rings. The van der Waals surface area contributed by atoms with Crippen molar-refractivity contribution < 1.29 is 4.52 Å². The molecule has 1 saturated heterocycles. The van der Waals surface area contributed by atoms with Crippen molar-refractivity contribution in [2.45, 2.75) is 53.2 Å². The Morgan fingerprint density at radius 3 is 2.82 bits per heavy atom. The summed E-state index contributed by atoms with van der Waals surface area (Å²) >= 11 is 0. The second kappa shape index (κ2) is 7.63. The average Bonchev–Trinajstić information content (AvgIpc) is 3.03. The summed E-state index contributed by atoms with van der Waals surface area (Å²) in [4.78, 5) is 7.11. The maximum Gasteiger partial charge on any atom is 0.191 e. The Labute approximate surface area is 133 Å². The van der Waals surface area contributed by atoms with E-state index in [-0.39, 0.29) is 0 Å². The van der Waals surface area contributed by atoms with E-state index in [0.717, 1.165) is 37.0 Å². The van der Waals surface area contributed by atoms with Gasteiger partial charge in [0.05, 0.1) is 5.69 Å². The van der Waals surface area contributed by atoms with Gasteiger partial charge in [-0.1, -0.05) is 12.1 Å². The number of nitrogens with one attached hydrogen (secondary N) is 2. The van der Waals surface area contributed by atoms with Gasteiger partial charge >= 0.3 is 0 Å². The van der Waals surface area contributed by atoms with Crippen molar-refractivity contribution in [2.24, 2.45) is 10.9 Å². The van der Waals surface area contributed by atoms with Gasteiger partial charge in [-0.2, -0.15) is 0 Å². The molecule has 2 N–H and O–H groups in total. The van der Waals surface area contributed by atoms with Crippen molar-refractivity contribution in [3.63, 3.8) is 0 Å².